The van der Waals surface area contributed by atoms with Crippen LogP contribution in [0.15, 0.2) is 5.11 Å². The molecule has 0 amide bonds. The van der Waals surface area contributed by atoms with E-state index in [9.17, 15) is 9.90 Å². The number of carboxylic acid groups (broad SMARTS) is 1. The van der Waals surface area contributed by atoms with E-state index in [0.717, 1.165) is 0 Å². The Morgan fingerprint density at radius 2 is 1.56 bits per heavy atom. The number of azide groups is 1. The van der Waals surface area contributed by atoms with Crippen LogP contribution in [0.5, 0.6) is 0 Å². The highest BCUT2D eigenvalue weighted by atomic mass is 16.7. The van der Waals surface area contributed by atoms with Gasteiger partial charge in [0.15, 0.2) is 12.4 Å². The molecule has 0 radical (unpaired) electrons. The van der Waals surface area contributed by atoms with Crippen LogP contribution in [0.1, 0.15) is 41.5 Å². The van der Waals surface area contributed by atoms with E-state index in [2.05, 4.69) is 10.0 Å². The van der Waals surface area contributed by atoms with Crippen LogP contribution in [0.3, 0.4) is 0 Å². The van der Waals surface area contributed by atoms with Gasteiger partial charge in [-0.25, -0.2) is 4.79 Å². The Morgan fingerprint density at radius 3 is 2.12 bits per heavy atom. The third-order valence-electron chi connectivity index (χ3n) is 6.20. The van der Waals surface area contributed by atoms with Crippen molar-refractivity contribution in [2.75, 3.05) is 0 Å². The third kappa shape index (κ3) is 3.92. The topological polar surface area (TPSA) is 114 Å². The molecule has 2 fully saturated rings. The van der Waals surface area contributed by atoms with E-state index < -0.39 is 30.5 Å². The van der Waals surface area contributed by atoms with E-state index in [1.54, 1.807) is 0 Å². The number of hydrogen-bond donors (Lipinski definition) is 1. The molecule has 0 aromatic carbocycles. The van der Waals surface area contributed by atoms with Crippen molar-refractivity contribution in [1.82, 2.24) is 0 Å². The Bertz CT molecular complexity index is 538. The van der Waals surface area contributed by atoms with Crippen molar-refractivity contribution in [1.29, 1.82) is 0 Å². The van der Waals surface area contributed by atoms with Crippen molar-refractivity contribution in [3.05, 3.63) is 10.4 Å². The molecule has 10 atom stereocenters. The lowest BCUT2D eigenvalue weighted by Crippen LogP contribution is -2.57. The van der Waals surface area contributed by atoms with Crippen molar-refractivity contribution in [3.63, 3.8) is 0 Å². The molecule has 0 aromatic heterocycles. The highest BCUT2D eigenvalue weighted by Crippen LogP contribution is 2.38. The van der Waals surface area contributed by atoms with E-state index in [4.69, 9.17) is 19.7 Å². The van der Waals surface area contributed by atoms with Crippen LogP contribution in [0.2, 0.25) is 0 Å². The van der Waals surface area contributed by atoms with E-state index >= 15 is 0 Å². The Kier molecular flexibility index (Phi) is 6.32. The zero-order valence-electron chi connectivity index (χ0n) is 15.7. The maximum absolute atomic E-state index is 11.7. The van der Waals surface area contributed by atoms with Gasteiger partial charge >= 0.3 is 5.97 Å². The summed E-state index contributed by atoms with van der Waals surface area (Å²) in [6.07, 6.45) is -2.77. The lowest BCUT2D eigenvalue weighted by atomic mass is 9.81. The van der Waals surface area contributed by atoms with Gasteiger partial charge in [-0.05, 0) is 43.1 Å². The Hall–Kier alpha value is -1.34. The predicted octanol–water partition coefficient (Wildman–Crippen LogP) is 3.21. The van der Waals surface area contributed by atoms with Crippen LogP contribution in [-0.2, 0) is 19.0 Å². The maximum atomic E-state index is 11.7. The monoisotopic (exact) mass is 355 g/mol. The molecule has 8 nitrogen and oxygen atoms in total. The number of rotatable bonds is 4. The third-order valence-corrected chi connectivity index (χ3v) is 6.20. The predicted molar refractivity (Wildman–Crippen MR) is 90.8 cm³/mol. The minimum Gasteiger partial charge on any atom is -0.479 e. The minimum absolute atomic E-state index is 0.0369. The minimum atomic E-state index is -1.07. The number of carbonyl (C=O) groups is 1. The first-order chi connectivity index (χ1) is 11.7. The molecule has 2 aliphatic rings. The second kappa shape index (κ2) is 7.91. The smallest absolute Gasteiger partial charge is 0.335 e. The van der Waals surface area contributed by atoms with Crippen LogP contribution in [0, 0.1) is 23.7 Å². The van der Waals surface area contributed by atoms with Gasteiger partial charge < -0.3 is 19.3 Å². The van der Waals surface area contributed by atoms with Crippen LogP contribution in [0.4, 0.5) is 0 Å². The zero-order valence-corrected chi connectivity index (χ0v) is 15.7. The van der Waals surface area contributed by atoms with Crippen LogP contribution in [0.25, 0.3) is 10.4 Å². The molecule has 2 saturated heterocycles. The molecule has 2 heterocycles. The summed E-state index contributed by atoms with van der Waals surface area (Å²) in [6.45, 7) is 11.8. The summed E-state index contributed by atoms with van der Waals surface area (Å²) in [5, 5.41) is 13.4. The van der Waals surface area contributed by atoms with Gasteiger partial charge in [0.05, 0.1) is 18.2 Å². The number of hydrogen-bond acceptors (Lipinski definition) is 5. The van der Waals surface area contributed by atoms with Gasteiger partial charge in [-0.1, -0.05) is 32.8 Å². The molecular weight excluding hydrogens is 326 g/mol. The van der Waals surface area contributed by atoms with Crippen molar-refractivity contribution >= 4 is 5.97 Å². The number of carboxylic acids is 1. The Labute approximate surface area is 148 Å². The molecule has 2 rings (SSSR count). The second-order valence-electron chi connectivity index (χ2n) is 7.54. The van der Waals surface area contributed by atoms with Gasteiger partial charge in [0.25, 0.3) is 0 Å². The zero-order chi connectivity index (χ0) is 18.9. The SMILES string of the molecule is CC1[C@H](C)O[C@@H](C(=O)O)[C@@H](O[C@H]2O[C@@H](C)[C@@H](C)[C@H](C)C2N=[N+]=[N-])[C@@H]1C. The maximum Gasteiger partial charge on any atom is 0.335 e. The van der Waals surface area contributed by atoms with Crippen molar-refractivity contribution in [2.45, 2.75) is 78.3 Å². The Morgan fingerprint density at radius 1 is 1.00 bits per heavy atom. The van der Waals surface area contributed by atoms with E-state index in [-0.39, 0.29) is 35.9 Å². The van der Waals surface area contributed by atoms with Crippen molar-refractivity contribution in [2.24, 2.45) is 28.8 Å². The molecule has 2 unspecified atom stereocenters. The molecule has 0 bridgehead atoms. The summed E-state index contributed by atoms with van der Waals surface area (Å²) in [6, 6.07) is -0.507. The van der Waals surface area contributed by atoms with Gasteiger partial charge in [-0.15, -0.1) is 0 Å². The van der Waals surface area contributed by atoms with E-state index in [0.29, 0.717) is 0 Å². The summed E-state index contributed by atoms with van der Waals surface area (Å²) in [4.78, 5) is 14.6. The molecule has 0 spiro atoms. The molecule has 2 aliphatic heterocycles. The average Bonchev–Trinajstić information content (AvgIpc) is 2.56. The number of ether oxygens (including phenoxy) is 3. The van der Waals surface area contributed by atoms with Crippen molar-refractivity contribution < 1.29 is 24.1 Å². The molecule has 1 N–H and O–H groups in total. The second-order valence-corrected chi connectivity index (χ2v) is 7.54. The summed E-state index contributed by atoms with van der Waals surface area (Å²) < 4.78 is 17.7. The largest absolute Gasteiger partial charge is 0.479 e. The number of aliphatic carboxylic acids is 1. The molecule has 8 heteroatoms. The van der Waals surface area contributed by atoms with Crippen molar-refractivity contribution in [3.8, 4) is 0 Å². The van der Waals surface area contributed by atoms with Crippen LogP contribution in [-0.4, -0.2) is 47.8 Å². The molecule has 0 saturated carbocycles. The normalized spacial score (nSPS) is 47.8. The Balaban J connectivity index is 2.26. The summed E-state index contributed by atoms with van der Waals surface area (Å²) in [5.41, 5.74) is 8.91. The lowest BCUT2D eigenvalue weighted by molar-refractivity contribution is -0.283. The van der Waals surface area contributed by atoms with Crippen LogP contribution < -0.4 is 0 Å². The molecule has 0 aromatic rings. The fourth-order valence-electron chi connectivity index (χ4n) is 3.72. The fraction of sp³-hybridized carbons (Fsp3) is 0.941. The van der Waals surface area contributed by atoms with Crippen LogP contribution >= 0.6 is 0 Å². The summed E-state index contributed by atoms with van der Waals surface area (Å²) >= 11 is 0. The highest BCUT2D eigenvalue weighted by Gasteiger charge is 2.48. The lowest BCUT2D eigenvalue weighted by Gasteiger charge is -2.47. The standard InChI is InChI=1S/C17H29N3O5/c1-7-9(3)13(19-20-18)17(24-12(7)6)25-14-10(4)8(2)11(5)23-15(14)16(21)22/h7-15,17H,1-6H3,(H,21,22)/t7-,8?,9-,10+,11-,12-,13?,14-,15+,17+/m0/s1. The summed E-state index contributed by atoms with van der Waals surface area (Å²) in [7, 11) is 0. The van der Waals surface area contributed by atoms with Gasteiger partial charge in [0.1, 0.15) is 6.10 Å². The van der Waals surface area contributed by atoms with Gasteiger partial charge in [-0.2, -0.15) is 0 Å². The number of nitrogens with zero attached hydrogens (tertiary/aromatic N) is 3. The van der Waals surface area contributed by atoms with E-state index in [1.165, 1.54) is 0 Å². The highest BCUT2D eigenvalue weighted by molar-refractivity contribution is 5.73. The quantitative estimate of drug-likeness (QED) is 0.472. The first kappa shape index (κ1) is 20.0. The molecule has 142 valence electrons. The summed E-state index contributed by atoms with van der Waals surface area (Å²) in [5.74, 6) is -0.698. The molecular formula is C17H29N3O5. The molecule has 25 heavy (non-hydrogen) atoms. The molecule has 0 aliphatic carbocycles. The van der Waals surface area contributed by atoms with E-state index in [1.807, 2.05) is 41.5 Å². The van der Waals surface area contributed by atoms with Gasteiger partial charge in [0, 0.05) is 4.91 Å². The first-order valence-corrected chi connectivity index (χ1v) is 8.92. The van der Waals surface area contributed by atoms with Gasteiger partial charge in [0.2, 0.25) is 0 Å². The first-order valence-electron chi connectivity index (χ1n) is 8.92. The fourth-order valence-corrected chi connectivity index (χ4v) is 3.72. The van der Waals surface area contributed by atoms with Gasteiger partial charge in [-0.3, -0.25) is 0 Å². The average molecular weight is 355 g/mol.